The number of hydrogen-bond acceptors (Lipinski definition) is 3. The van der Waals surface area contributed by atoms with Crippen LogP contribution in [0.25, 0.3) is 6.08 Å². The molecule has 0 aromatic heterocycles. The quantitative estimate of drug-likeness (QED) is 0.782. The van der Waals surface area contributed by atoms with E-state index < -0.39 is 0 Å². The average Bonchev–Trinajstić information content (AvgIpc) is 2.29. The molecule has 1 aromatic carbocycles. The standard InChI is InChI=1S/C14H13ClN2O/c1-14(2,3)11-5-10(4-9(7-16)8-17)13(18)12(15)6-11/h4-6,18H,1-3H3. The van der Waals surface area contributed by atoms with Crippen molar-refractivity contribution in [3.05, 3.63) is 33.9 Å². The lowest BCUT2D eigenvalue weighted by atomic mass is 9.86. The minimum atomic E-state index is -0.140. The fourth-order valence-corrected chi connectivity index (χ4v) is 1.64. The van der Waals surface area contributed by atoms with E-state index in [1.165, 1.54) is 6.08 Å². The Morgan fingerprint density at radius 2 is 1.83 bits per heavy atom. The lowest BCUT2D eigenvalue weighted by Gasteiger charge is -2.20. The molecule has 1 rings (SSSR count). The van der Waals surface area contributed by atoms with E-state index in [4.69, 9.17) is 22.1 Å². The van der Waals surface area contributed by atoms with Crippen LogP contribution in [0.1, 0.15) is 31.9 Å². The Morgan fingerprint density at radius 3 is 2.28 bits per heavy atom. The second-order valence-corrected chi connectivity index (χ2v) is 5.33. The first kappa shape index (κ1) is 14.1. The summed E-state index contributed by atoms with van der Waals surface area (Å²) in [6.45, 7) is 6.04. The molecule has 0 atom stereocenters. The fourth-order valence-electron chi connectivity index (χ4n) is 1.41. The van der Waals surface area contributed by atoms with Crippen LogP contribution < -0.4 is 0 Å². The van der Waals surface area contributed by atoms with Gasteiger partial charge in [-0.1, -0.05) is 32.4 Å². The number of aromatic hydroxyl groups is 1. The number of nitriles is 2. The van der Waals surface area contributed by atoms with E-state index in [0.717, 1.165) is 5.56 Å². The monoisotopic (exact) mass is 260 g/mol. The summed E-state index contributed by atoms with van der Waals surface area (Å²) in [6.07, 6.45) is 1.33. The summed E-state index contributed by atoms with van der Waals surface area (Å²) < 4.78 is 0. The van der Waals surface area contributed by atoms with Gasteiger partial charge in [-0.15, -0.1) is 0 Å². The highest BCUT2D eigenvalue weighted by molar-refractivity contribution is 6.32. The van der Waals surface area contributed by atoms with Crippen molar-refractivity contribution in [3.63, 3.8) is 0 Å². The second-order valence-electron chi connectivity index (χ2n) is 4.93. The molecule has 3 nitrogen and oxygen atoms in total. The topological polar surface area (TPSA) is 67.8 Å². The van der Waals surface area contributed by atoms with Gasteiger partial charge in [-0.3, -0.25) is 0 Å². The lowest BCUT2D eigenvalue weighted by Crippen LogP contribution is -2.11. The molecular weight excluding hydrogens is 248 g/mol. The number of rotatable bonds is 1. The number of halogens is 1. The zero-order valence-electron chi connectivity index (χ0n) is 10.5. The molecule has 1 aromatic rings. The minimum absolute atomic E-state index is 0.0765. The van der Waals surface area contributed by atoms with Crippen LogP contribution in [0.4, 0.5) is 0 Å². The largest absolute Gasteiger partial charge is 0.506 e. The molecule has 0 aliphatic carbocycles. The normalized spacial score (nSPS) is 10.3. The average molecular weight is 261 g/mol. The molecule has 18 heavy (non-hydrogen) atoms. The molecule has 0 aliphatic heterocycles. The van der Waals surface area contributed by atoms with Gasteiger partial charge in [0.05, 0.1) is 5.02 Å². The van der Waals surface area contributed by atoms with Crippen molar-refractivity contribution in [1.29, 1.82) is 10.5 Å². The Balaban J connectivity index is 3.47. The number of nitrogens with zero attached hydrogens (tertiary/aromatic N) is 2. The molecule has 4 heteroatoms. The Kier molecular flexibility index (Phi) is 4.01. The molecule has 0 saturated carbocycles. The summed E-state index contributed by atoms with van der Waals surface area (Å²) >= 11 is 5.95. The SMILES string of the molecule is CC(C)(C)c1cc(Cl)c(O)c(C=C(C#N)C#N)c1. The zero-order chi connectivity index (χ0) is 13.9. The van der Waals surface area contributed by atoms with Crippen LogP contribution in [0.2, 0.25) is 5.02 Å². The van der Waals surface area contributed by atoms with Crippen molar-refractivity contribution in [2.45, 2.75) is 26.2 Å². The molecule has 0 radical (unpaired) electrons. The molecule has 0 saturated heterocycles. The summed E-state index contributed by atoms with van der Waals surface area (Å²) in [5, 5.41) is 27.5. The Bertz CT molecular complexity index is 568. The minimum Gasteiger partial charge on any atom is -0.506 e. The molecule has 92 valence electrons. The van der Waals surface area contributed by atoms with E-state index in [9.17, 15) is 5.11 Å². The Hall–Kier alpha value is -1.97. The van der Waals surface area contributed by atoms with E-state index in [1.54, 1.807) is 24.3 Å². The van der Waals surface area contributed by atoms with Gasteiger partial charge in [0.1, 0.15) is 23.5 Å². The molecule has 0 heterocycles. The molecule has 0 spiro atoms. The third-order valence-corrected chi connectivity index (χ3v) is 2.79. The summed E-state index contributed by atoms with van der Waals surface area (Å²) in [6, 6.07) is 6.92. The number of phenols is 1. The summed E-state index contributed by atoms with van der Waals surface area (Å²) in [4.78, 5) is 0. The van der Waals surface area contributed by atoms with Crippen LogP contribution in [0.15, 0.2) is 17.7 Å². The number of allylic oxidation sites excluding steroid dienone is 1. The first-order valence-electron chi connectivity index (χ1n) is 5.34. The number of benzene rings is 1. The predicted octanol–water partition coefficient (Wildman–Crippen LogP) is 3.77. The van der Waals surface area contributed by atoms with Crippen molar-refractivity contribution >= 4 is 17.7 Å². The maximum atomic E-state index is 9.83. The first-order valence-corrected chi connectivity index (χ1v) is 5.72. The lowest BCUT2D eigenvalue weighted by molar-refractivity contribution is 0.473. The summed E-state index contributed by atoms with van der Waals surface area (Å²) in [5.74, 6) is -0.118. The van der Waals surface area contributed by atoms with Gasteiger partial charge < -0.3 is 5.11 Å². The van der Waals surface area contributed by atoms with Crippen LogP contribution in [-0.2, 0) is 5.41 Å². The van der Waals surface area contributed by atoms with Crippen LogP contribution in [-0.4, -0.2) is 5.11 Å². The highest BCUT2D eigenvalue weighted by atomic mass is 35.5. The highest BCUT2D eigenvalue weighted by Gasteiger charge is 2.17. The van der Waals surface area contributed by atoms with Gasteiger partial charge >= 0.3 is 0 Å². The molecular formula is C14H13ClN2O. The first-order chi connectivity index (χ1) is 8.29. The number of phenolic OH excluding ortho intramolecular Hbond substituents is 1. The van der Waals surface area contributed by atoms with Crippen molar-refractivity contribution in [1.82, 2.24) is 0 Å². The van der Waals surface area contributed by atoms with Gasteiger partial charge in [0.15, 0.2) is 0 Å². The van der Waals surface area contributed by atoms with Gasteiger partial charge in [0, 0.05) is 5.56 Å². The Morgan fingerprint density at radius 1 is 1.28 bits per heavy atom. The maximum Gasteiger partial charge on any atom is 0.141 e. The van der Waals surface area contributed by atoms with E-state index in [-0.39, 0.29) is 21.8 Å². The van der Waals surface area contributed by atoms with Crippen molar-refractivity contribution in [3.8, 4) is 17.9 Å². The second kappa shape index (κ2) is 5.12. The molecule has 0 fully saturated rings. The smallest absolute Gasteiger partial charge is 0.141 e. The third-order valence-electron chi connectivity index (χ3n) is 2.50. The van der Waals surface area contributed by atoms with Crippen LogP contribution in [0, 0.1) is 22.7 Å². The molecule has 0 bridgehead atoms. The Labute approximate surface area is 112 Å². The van der Waals surface area contributed by atoms with E-state index in [2.05, 4.69) is 0 Å². The highest BCUT2D eigenvalue weighted by Crippen LogP contribution is 2.35. The van der Waals surface area contributed by atoms with Crippen molar-refractivity contribution in [2.24, 2.45) is 0 Å². The molecule has 0 unspecified atom stereocenters. The summed E-state index contributed by atoms with van der Waals surface area (Å²) in [5.41, 5.74) is 1.09. The van der Waals surface area contributed by atoms with Gasteiger partial charge in [0.2, 0.25) is 0 Å². The number of hydrogen-bond donors (Lipinski definition) is 1. The zero-order valence-corrected chi connectivity index (χ0v) is 11.2. The molecule has 1 N–H and O–H groups in total. The van der Waals surface area contributed by atoms with E-state index in [1.807, 2.05) is 20.8 Å². The third kappa shape index (κ3) is 3.03. The van der Waals surface area contributed by atoms with Crippen LogP contribution >= 0.6 is 11.6 Å². The van der Waals surface area contributed by atoms with Crippen molar-refractivity contribution < 1.29 is 5.11 Å². The summed E-state index contributed by atoms with van der Waals surface area (Å²) in [7, 11) is 0. The molecule has 0 aliphatic rings. The predicted molar refractivity (Wildman–Crippen MR) is 71.0 cm³/mol. The molecule has 0 amide bonds. The van der Waals surface area contributed by atoms with Gasteiger partial charge in [0.25, 0.3) is 0 Å². The van der Waals surface area contributed by atoms with Gasteiger partial charge in [-0.25, -0.2) is 0 Å². The van der Waals surface area contributed by atoms with Crippen LogP contribution in [0.3, 0.4) is 0 Å². The van der Waals surface area contributed by atoms with Crippen LogP contribution in [0.5, 0.6) is 5.75 Å². The fraction of sp³-hybridized carbons (Fsp3) is 0.286. The van der Waals surface area contributed by atoms with E-state index in [0.29, 0.717) is 5.56 Å². The van der Waals surface area contributed by atoms with E-state index >= 15 is 0 Å². The van der Waals surface area contributed by atoms with Gasteiger partial charge in [-0.2, -0.15) is 10.5 Å². The van der Waals surface area contributed by atoms with Gasteiger partial charge in [-0.05, 0) is 29.2 Å². The van der Waals surface area contributed by atoms with Crippen molar-refractivity contribution in [2.75, 3.05) is 0 Å². The maximum absolute atomic E-state index is 9.83.